The second-order valence-electron chi connectivity index (χ2n) is 14.2. The van der Waals surface area contributed by atoms with Crippen LogP contribution in [0.15, 0.2) is 11.6 Å². The summed E-state index contributed by atoms with van der Waals surface area (Å²) in [5, 5.41) is -0.535. The fourth-order valence-corrected chi connectivity index (χ4v) is 9.31. The van der Waals surface area contributed by atoms with Crippen molar-refractivity contribution in [3.63, 3.8) is 0 Å². The molecule has 0 aliphatic heterocycles. The summed E-state index contributed by atoms with van der Waals surface area (Å²) in [4.78, 5) is 12.5. The molecule has 0 heterocycles. The lowest BCUT2D eigenvalue weighted by atomic mass is 9.47. The van der Waals surface area contributed by atoms with Gasteiger partial charge in [0, 0.05) is 6.42 Å². The first-order valence-electron chi connectivity index (χ1n) is 15.0. The van der Waals surface area contributed by atoms with Gasteiger partial charge in [0.05, 0.1) is 0 Å². The van der Waals surface area contributed by atoms with Crippen LogP contribution >= 0.6 is 11.6 Å². The summed E-state index contributed by atoms with van der Waals surface area (Å²) in [6, 6.07) is 0. The van der Waals surface area contributed by atoms with Crippen molar-refractivity contribution in [1.29, 1.82) is 0 Å². The SMILES string of the molecule is CC(C)CCC[C@@H](C)[C@H]1CC[C@H]2[C@@H]3CC=C4C[C@H](OC(=O)[C@H](Cl)C(C)C)CC[C@]4(C)[C@H]3CC[C@]12C. The van der Waals surface area contributed by atoms with Crippen molar-refractivity contribution >= 4 is 17.6 Å². The molecule has 0 aromatic rings. The quantitative estimate of drug-likeness (QED) is 0.187. The number of esters is 1. The van der Waals surface area contributed by atoms with Gasteiger partial charge in [0.25, 0.3) is 0 Å². The van der Waals surface area contributed by atoms with E-state index in [0.29, 0.717) is 10.8 Å². The van der Waals surface area contributed by atoms with Crippen molar-refractivity contribution in [2.75, 3.05) is 0 Å². The molecule has 4 aliphatic carbocycles. The molecule has 200 valence electrons. The second kappa shape index (κ2) is 10.7. The number of rotatable bonds is 8. The first-order chi connectivity index (χ1) is 16.5. The first kappa shape index (κ1) is 27.5. The van der Waals surface area contributed by atoms with E-state index in [4.69, 9.17) is 16.3 Å². The molecule has 9 atom stereocenters. The molecule has 0 amide bonds. The Balaban J connectivity index is 1.43. The molecule has 0 N–H and O–H groups in total. The highest BCUT2D eigenvalue weighted by molar-refractivity contribution is 6.30. The average Bonchev–Trinajstić information content (AvgIpc) is 3.15. The molecule has 3 saturated carbocycles. The first-order valence-corrected chi connectivity index (χ1v) is 15.4. The third-order valence-corrected chi connectivity index (χ3v) is 12.0. The minimum Gasteiger partial charge on any atom is -0.461 e. The zero-order chi connectivity index (χ0) is 25.5. The van der Waals surface area contributed by atoms with Crippen molar-refractivity contribution in [3.8, 4) is 0 Å². The molecule has 3 fully saturated rings. The van der Waals surface area contributed by atoms with Crippen LogP contribution in [0.4, 0.5) is 0 Å². The van der Waals surface area contributed by atoms with Crippen LogP contribution in [-0.2, 0) is 9.53 Å². The Kier molecular flexibility index (Phi) is 8.42. The highest BCUT2D eigenvalue weighted by Crippen LogP contribution is 2.67. The minimum atomic E-state index is -0.535. The number of hydrogen-bond acceptors (Lipinski definition) is 2. The van der Waals surface area contributed by atoms with Gasteiger partial charge in [0.2, 0.25) is 0 Å². The van der Waals surface area contributed by atoms with Crippen molar-refractivity contribution in [1.82, 2.24) is 0 Å². The average molecular weight is 505 g/mol. The summed E-state index contributed by atoms with van der Waals surface area (Å²) < 4.78 is 5.91. The predicted octanol–water partition coefficient (Wildman–Crippen LogP) is 9.20. The van der Waals surface area contributed by atoms with E-state index >= 15 is 0 Å². The number of hydrogen-bond donors (Lipinski definition) is 0. The molecule has 3 heteroatoms. The van der Waals surface area contributed by atoms with E-state index in [1.165, 1.54) is 51.4 Å². The Morgan fingerprint density at radius 1 is 1.03 bits per heavy atom. The predicted molar refractivity (Wildman–Crippen MR) is 147 cm³/mol. The molecule has 0 spiro atoms. The molecule has 0 aromatic heterocycles. The maximum atomic E-state index is 12.5. The standard InChI is InChI=1S/C32H53ClO2/c1-20(2)9-8-10-22(5)26-13-14-27-25-12-11-23-19-24(35-30(34)29(33)21(3)4)15-17-31(23,6)28(25)16-18-32(26,27)7/h11,20-22,24-29H,8-10,12-19H2,1-7H3/t22-,24-,25+,26-,27+,28+,29-,31+,32-/m1/s1. The van der Waals surface area contributed by atoms with E-state index in [0.717, 1.165) is 54.8 Å². The van der Waals surface area contributed by atoms with Crippen LogP contribution in [-0.4, -0.2) is 17.5 Å². The van der Waals surface area contributed by atoms with Crippen molar-refractivity contribution in [2.24, 2.45) is 52.3 Å². The number of carbonyl (C=O) groups excluding carboxylic acids is 1. The summed E-state index contributed by atoms with van der Waals surface area (Å²) in [6.07, 6.45) is 16.8. The van der Waals surface area contributed by atoms with Gasteiger partial charge in [-0.25, -0.2) is 0 Å². The highest BCUT2D eigenvalue weighted by atomic mass is 35.5. The number of halogens is 1. The summed E-state index contributed by atoms with van der Waals surface area (Å²) in [7, 11) is 0. The van der Waals surface area contributed by atoms with E-state index in [1.807, 2.05) is 13.8 Å². The summed E-state index contributed by atoms with van der Waals surface area (Å²) in [5.74, 6) is 5.05. The summed E-state index contributed by atoms with van der Waals surface area (Å²) >= 11 is 6.29. The topological polar surface area (TPSA) is 26.3 Å². The van der Waals surface area contributed by atoms with Gasteiger partial charge in [-0.3, -0.25) is 4.79 Å². The van der Waals surface area contributed by atoms with Gasteiger partial charge in [-0.05, 0) is 97.2 Å². The number of carbonyl (C=O) groups is 1. The molecule has 4 aliphatic rings. The second-order valence-corrected chi connectivity index (χ2v) is 14.7. The van der Waals surface area contributed by atoms with Crippen molar-refractivity contribution in [3.05, 3.63) is 11.6 Å². The molecular weight excluding hydrogens is 452 g/mol. The molecule has 0 saturated heterocycles. The Hall–Kier alpha value is -0.500. The lowest BCUT2D eigenvalue weighted by molar-refractivity contribution is -0.151. The van der Waals surface area contributed by atoms with Crippen molar-refractivity contribution in [2.45, 2.75) is 131 Å². The van der Waals surface area contributed by atoms with Crippen LogP contribution in [0.1, 0.15) is 119 Å². The smallest absolute Gasteiger partial charge is 0.324 e. The maximum Gasteiger partial charge on any atom is 0.324 e. The number of fused-ring (bicyclic) bond motifs is 5. The van der Waals surface area contributed by atoms with Gasteiger partial charge in [0.15, 0.2) is 0 Å². The molecule has 2 nitrogen and oxygen atoms in total. The van der Waals surface area contributed by atoms with Gasteiger partial charge < -0.3 is 4.74 Å². The largest absolute Gasteiger partial charge is 0.461 e. The third kappa shape index (κ3) is 5.26. The molecule has 4 rings (SSSR count). The number of ether oxygens (including phenoxy) is 1. The van der Waals surface area contributed by atoms with E-state index in [-0.39, 0.29) is 18.0 Å². The normalized spacial score (nSPS) is 40.5. The van der Waals surface area contributed by atoms with Crippen LogP contribution < -0.4 is 0 Å². The lowest BCUT2D eigenvalue weighted by Gasteiger charge is -2.58. The van der Waals surface area contributed by atoms with E-state index in [9.17, 15) is 4.79 Å². The lowest BCUT2D eigenvalue weighted by Crippen LogP contribution is -2.51. The fraction of sp³-hybridized carbons (Fsp3) is 0.906. The zero-order valence-electron chi connectivity index (χ0n) is 23.7. The van der Waals surface area contributed by atoms with Gasteiger partial charge in [0.1, 0.15) is 11.5 Å². The maximum absolute atomic E-state index is 12.5. The molecule has 0 radical (unpaired) electrons. The van der Waals surface area contributed by atoms with Crippen LogP contribution in [0.3, 0.4) is 0 Å². The van der Waals surface area contributed by atoms with Crippen LogP contribution in [0.2, 0.25) is 0 Å². The Morgan fingerprint density at radius 3 is 2.46 bits per heavy atom. The van der Waals surface area contributed by atoms with Gasteiger partial charge in [-0.1, -0.05) is 79.4 Å². The Labute approximate surface area is 221 Å². The summed E-state index contributed by atoms with van der Waals surface area (Å²) in [6.45, 7) is 16.5. The van der Waals surface area contributed by atoms with Crippen molar-refractivity contribution < 1.29 is 9.53 Å². The molecule has 0 bridgehead atoms. The summed E-state index contributed by atoms with van der Waals surface area (Å²) in [5.41, 5.74) is 2.42. The van der Waals surface area contributed by atoms with E-state index in [1.54, 1.807) is 5.57 Å². The Morgan fingerprint density at radius 2 is 1.77 bits per heavy atom. The van der Waals surface area contributed by atoms with Crippen LogP contribution in [0, 0.1) is 52.3 Å². The van der Waals surface area contributed by atoms with Gasteiger partial charge in [-0.15, -0.1) is 11.6 Å². The van der Waals surface area contributed by atoms with Gasteiger partial charge >= 0.3 is 5.97 Å². The Bertz CT molecular complexity index is 786. The highest BCUT2D eigenvalue weighted by Gasteiger charge is 2.59. The number of allylic oxidation sites excluding steroid dienone is 1. The monoisotopic (exact) mass is 504 g/mol. The van der Waals surface area contributed by atoms with Crippen LogP contribution in [0.25, 0.3) is 0 Å². The minimum absolute atomic E-state index is 0.00906. The fourth-order valence-electron chi connectivity index (χ4n) is 9.25. The third-order valence-electron chi connectivity index (χ3n) is 11.4. The van der Waals surface area contributed by atoms with Crippen LogP contribution in [0.5, 0.6) is 0 Å². The molecular formula is C32H53ClO2. The zero-order valence-corrected chi connectivity index (χ0v) is 24.5. The number of alkyl halides is 1. The molecule has 0 aromatic carbocycles. The van der Waals surface area contributed by atoms with Gasteiger partial charge in [-0.2, -0.15) is 0 Å². The molecule has 35 heavy (non-hydrogen) atoms. The van der Waals surface area contributed by atoms with E-state index in [2.05, 4.69) is 40.7 Å². The molecule has 0 unspecified atom stereocenters. The van der Waals surface area contributed by atoms with E-state index < -0.39 is 5.38 Å².